The molecule has 0 bridgehead atoms. The van der Waals surface area contributed by atoms with Gasteiger partial charge >= 0.3 is 0 Å². The number of fused-ring (bicyclic) bond motifs is 3. The molecule has 4 rings (SSSR count). The Morgan fingerprint density at radius 1 is 0.889 bits per heavy atom. The predicted molar refractivity (Wildman–Crippen MR) is 96.8 cm³/mol. The summed E-state index contributed by atoms with van der Waals surface area (Å²) in [5, 5.41) is 53.8. The van der Waals surface area contributed by atoms with Crippen LogP contribution in [0.3, 0.4) is 0 Å². The number of hydrogen-bond donors (Lipinski definition) is 5. The Morgan fingerprint density at radius 2 is 1.63 bits per heavy atom. The van der Waals surface area contributed by atoms with Gasteiger partial charge in [-0.15, -0.1) is 0 Å². The van der Waals surface area contributed by atoms with Gasteiger partial charge in [-0.3, -0.25) is 5.26 Å². The summed E-state index contributed by atoms with van der Waals surface area (Å²) in [6.45, 7) is -0.633. The maximum absolute atomic E-state index is 11.3. The van der Waals surface area contributed by atoms with Crippen LogP contribution >= 0.6 is 0 Å². The van der Waals surface area contributed by atoms with Gasteiger partial charge in [0.05, 0.1) is 6.61 Å². The second kappa shape index (κ2) is 6.81. The standard InChI is InChI=1S/C20H20O7/c21-10-16-17(22)18(23)19(27-25)20(24,26-16)15-7-3-6-13-12-5-2-1-4-11(12)8-9-14(13)15/h1-9,16-19,21-25H,10H2/t16-,17-,18+,19-,20-/m1/s1. The fraction of sp³-hybridized carbons (Fsp3) is 0.300. The molecule has 0 amide bonds. The van der Waals surface area contributed by atoms with Gasteiger partial charge < -0.3 is 25.2 Å². The number of benzene rings is 3. The van der Waals surface area contributed by atoms with E-state index in [-0.39, 0.29) is 5.56 Å². The number of aliphatic hydroxyl groups excluding tert-OH is 3. The van der Waals surface area contributed by atoms with E-state index >= 15 is 0 Å². The van der Waals surface area contributed by atoms with E-state index < -0.39 is 36.8 Å². The van der Waals surface area contributed by atoms with Crippen molar-refractivity contribution >= 4 is 21.5 Å². The Bertz CT molecular complexity index is 975. The molecule has 7 heteroatoms. The van der Waals surface area contributed by atoms with Crippen molar-refractivity contribution in [1.82, 2.24) is 0 Å². The molecule has 5 atom stereocenters. The molecule has 7 nitrogen and oxygen atoms in total. The number of rotatable bonds is 3. The van der Waals surface area contributed by atoms with Crippen LogP contribution in [0.25, 0.3) is 21.5 Å². The van der Waals surface area contributed by atoms with Crippen LogP contribution in [0.5, 0.6) is 0 Å². The monoisotopic (exact) mass is 372 g/mol. The molecule has 5 N–H and O–H groups in total. The van der Waals surface area contributed by atoms with E-state index in [0.717, 1.165) is 16.2 Å². The SMILES string of the molecule is OC[C@H]1O[C@](O)(c2cccc3c2ccc2ccccc23)[C@H](OO)[C@@H](O)[C@@H]1O. The second-order valence-electron chi connectivity index (χ2n) is 6.73. The highest BCUT2D eigenvalue weighted by molar-refractivity contribution is 6.08. The van der Waals surface area contributed by atoms with Crippen molar-refractivity contribution in [2.24, 2.45) is 0 Å². The molecular formula is C20H20O7. The summed E-state index contributed by atoms with van der Waals surface area (Å²) in [6, 6.07) is 16.6. The van der Waals surface area contributed by atoms with Crippen molar-refractivity contribution in [1.29, 1.82) is 0 Å². The zero-order chi connectivity index (χ0) is 19.2. The third-order valence-corrected chi connectivity index (χ3v) is 5.22. The molecule has 1 fully saturated rings. The molecule has 3 aromatic carbocycles. The smallest absolute Gasteiger partial charge is 0.226 e. The Kier molecular flexibility index (Phi) is 4.61. The molecule has 1 saturated heterocycles. The lowest BCUT2D eigenvalue weighted by Crippen LogP contribution is -2.64. The van der Waals surface area contributed by atoms with E-state index in [9.17, 15) is 25.7 Å². The molecule has 3 aromatic rings. The summed E-state index contributed by atoms with van der Waals surface area (Å²) in [5.41, 5.74) is 0.245. The van der Waals surface area contributed by atoms with Crippen molar-refractivity contribution < 1.29 is 35.3 Å². The molecule has 0 spiro atoms. The van der Waals surface area contributed by atoms with Crippen LogP contribution in [0.4, 0.5) is 0 Å². The number of aliphatic hydroxyl groups is 4. The molecule has 0 radical (unpaired) electrons. The Hall–Kier alpha value is -2.10. The lowest BCUT2D eigenvalue weighted by atomic mass is 9.85. The minimum atomic E-state index is -2.29. The van der Waals surface area contributed by atoms with Gasteiger partial charge in [0, 0.05) is 5.56 Å². The third-order valence-electron chi connectivity index (χ3n) is 5.22. The van der Waals surface area contributed by atoms with Gasteiger partial charge in [-0.25, -0.2) is 4.89 Å². The first-order valence-electron chi connectivity index (χ1n) is 8.59. The van der Waals surface area contributed by atoms with Crippen molar-refractivity contribution in [2.45, 2.75) is 30.2 Å². The van der Waals surface area contributed by atoms with Crippen LogP contribution < -0.4 is 0 Å². The van der Waals surface area contributed by atoms with E-state index in [2.05, 4.69) is 4.89 Å². The van der Waals surface area contributed by atoms with Crippen molar-refractivity contribution in [3.8, 4) is 0 Å². The Labute approximate surface area is 154 Å². The highest BCUT2D eigenvalue weighted by Gasteiger charge is 2.56. The van der Waals surface area contributed by atoms with E-state index in [4.69, 9.17) is 4.74 Å². The Balaban J connectivity index is 1.95. The van der Waals surface area contributed by atoms with E-state index in [0.29, 0.717) is 5.39 Å². The van der Waals surface area contributed by atoms with Gasteiger partial charge in [0.25, 0.3) is 0 Å². The molecule has 0 unspecified atom stereocenters. The first-order chi connectivity index (χ1) is 13.0. The first kappa shape index (κ1) is 18.3. The highest BCUT2D eigenvalue weighted by Crippen LogP contribution is 2.41. The van der Waals surface area contributed by atoms with Gasteiger partial charge in [-0.1, -0.05) is 54.6 Å². The van der Waals surface area contributed by atoms with Gasteiger partial charge in [-0.05, 0) is 21.5 Å². The van der Waals surface area contributed by atoms with Crippen LogP contribution in [-0.4, -0.2) is 56.7 Å². The van der Waals surface area contributed by atoms with E-state index in [1.165, 1.54) is 0 Å². The molecule has 1 heterocycles. The predicted octanol–water partition coefficient (Wildman–Crippen LogP) is 1.11. The summed E-state index contributed by atoms with van der Waals surface area (Å²) >= 11 is 0. The molecule has 142 valence electrons. The van der Waals surface area contributed by atoms with Gasteiger partial charge in [0.15, 0.2) is 6.10 Å². The molecule has 1 aliphatic heterocycles. The number of ether oxygens (including phenoxy) is 1. The fourth-order valence-electron chi connectivity index (χ4n) is 3.85. The molecule has 0 saturated carbocycles. The Morgan fingerprint density at radius 3 is 2.37 bits per heavy atom. The second-order valence-corrected chi connectivity index (χ2v) is 6.73. The lowest BCUT2D eigenvalue weighted by Gasteiger charge is -2.46. The van der Waals surface area contributed by atoms with Crippen molar-refractivity contribution in [3.63, 3.8) is 0 Å². The number of hydrogen-bond acceptors (Lipinski definition) is 7. The lowest BCUT2D eigenvalue weighted by molar-refractivity contribution is -0.427. The van der Waals surface area contributed by atoms with Crippen LogP contribution in [0.2, 0.25) is 0 Å². The van der Waals surface area contributed by atoms with Gasteiger partial charge in [0.2, 0.25) is 5.79 Å². The van der Waals surface area contributed by atoms with Crippen molar-refractivity contribution in [3.05, 3.63) is 60.2 Å². The zero-order valence-corrected chi connectivity index (χ0v) is 14.3. The van der Waals surface area contributed by atoms with Crippen LogP contribution in [0, 0.1) is 0 Å². The molecule has 27 heavy (non-hydrogen) atoms. The quantitative estimate of drug-likeness (QED) is 0.265. The summed E-state index contributed by atoms with van der Waals surface area (Å²) < 4.78 is 5.53. The maximum Gasteiger partial charge on any atom is 0.226 e. The third kappa shape index (κ3) is 2.72. The van der Waals surface area contributed by atoms with Crippen LogP contribution in [-0.2, 0) is 15.4 Å². The average molecular weight is 372 g/mol. The summed E-state index contributed by atoms with van der Waals surface area (Å²) in [5.74, 6) is -2.29. The minimum Gasteiger partial charge on any atom is -0.394 e. The highest BCUT2D eigenvalue weighted by atomic mass is 17.1. The van der Waals surface area contributed by atoms with Crippen LogP contribution in [0.15, 0.2) is 54.6 Å². The first-order valence-corrected chi connectivity index (χ1v) is 8.59. The van der Waals surface area contributed by atoms with E-state index in [1.807, 2.05) is 36.4 Å². The van der Waals surface area contributed by atoms with Crippen LogP contribution in [0.1, 0.15) is 5.56 Å². The summed E-state index contributed by atoms with van der Waals surface area (Å²) in [6.07, 6.45) is -6.15. The topological polar surface area (TPSA) is 120 Å². The molecular weight excluding hydrogens is 352 g/mol. The van der Waals surface area contributed by atoms with Gasteiger partial charge in [-0.2, -0.15) is 0 Å². The summed E-state index contributed by atoms with van der Waals surface area (Å²) in [4.78, 5) is 4.31. The summed E-state index contributed by atoms with van der Waals surface area (Å²) in [7, 11) is 0. The largest absolute Gasteiger partial charge is 0.394 e. The molecule has 0 aliphatic carbocycles. The zero-order valence-electron chi connectivity index (χ0n) is 14.3. The average Bonchev–Trinajstić information content (AvgIpc) is 2.70. The van der Waals surface area contributed by atoms with E-state index in [1.54, 1.807) is 18.2 Å². The van der Waals surface area contributed by atoms with Crippen molar-refractivity contribution in [2.75, 3.05) is 6.61 Å². The molecule has 0 aromatic heterocycles. The maximum atomic E-state index is 11.3. The minimum absolute atomic E-state index is 0.245. The van der Waals surface area contributed by atoms with Gasteiger partial charge in [0.1, 0.15) is 18.3 Å². The fourth-order valence-corrected chi connectivity index (χ4v) is 3.85. The normalized spacial score (nSPS) is 31.4. The molecule has 1 aliphatic rings.